The molecular weight excluding hydrogens is 223 g/mol. The van der Waals surface area contributed by atoms with Crippen LogP contribution in [0.15, 0.2) is 10.6 Å². The maximum absolute atomic E-state index is 11.1. The summed E-state index contributed by atoms with van der Waals surface area (Å²) in [5.41, 5.74) is 0.100. The highest BCUT2D eigenvalue weighted by Crippen LogP contribution is 2.61. The van der Waals surface area contributed by atoms with E-state index in [1.165, 1.54) is 7.11 Å². The van der Waals surface area contributed by atoms with Crippen molar-refractivity contribution in [3.05, 3.63) is 10.6 Å². The van der Waals surface area contributed by atoms with Gasteiger partial charge in [0.05, 0.1) is 7.11 Å². The largest absolute Gasteiger partial charge is 0.469 e. The molecule has 0 aromatic rings. The monoisotopic (exact) mass is 236 g/mol. The molecule has 0 bridgehead atoms. The Morgan fingerprint density at radius 3 is 2.50 bits per heavy atom. The Kier molecular flexibility index (Phi) is 3.49. The van der Waals surface area contributed by atoms with Crippen LogP contribution in [0, 0.1) is 17.3 Å². The number of ether oxygens (including phenoxy) is 1. The first-order valence-electron chi connectivity index (χ1n) is 4.49. The van der Waals surface area contributed by atoms with Crippen molar-refractivity contribution in [3.8, 4) is 0 Å². The molecule has 0 amide bonds. The Morgan fingerprint density at radius 1 is 1.50 bits per heavy atom. The van der Waals surface area contributed by atoms with Gasteiger partial charge < -0.3 is 4.74 Å². The second-order valence-corrected chi connectivity index (χ2v) is 5.20. The van der Waals surface area contributed by atoms with Gasteiger partial charge in [0.15, 0.2) is 0 Å². The Bertz CT molecular complexity index is 267. The van der Waals surface area contributed by atoms with Crippen LogP contribution in [0.1, 0.15) is 20.3 Å². The lowest BCUT2D eigenvalue weighted by Gasteiger charge is -2.00. The quantitative estimate of drug-likeness (QED) is 0.705. The van der Waals surface area contributed by atoms with E-state index in [1.807, 2.05) is 0 Å². The summed E-state index contributed by atoms with van der Waals surface area (Å²) in [4.78, 5) is 11.1. The van der Waals surface area contributed by atoms with E-state index in [0.29, 0.717) is 12.3 Å². The van der Waals surface area contributed by atoms with E-state index in [2.05, 4.69) is 18.6 Å². The first-order valence-corrected chi connectivity index (χ1v) is 5.24. The Labute approximate surface area is 94.2 Å². The number of esters is 1. The van der Waals surface area contributed by atoms with Crippen LogP contribution in [0.4, 0.5) is 0 Å². The third kappa shape index (κ3) is 2.43. The van der Waals surface area contributed by atoms with Crippen LogP contribution in [-0.2, 0) is 9.53 Å². The normalized spacial score (nSPS) is 28.1. The van der Waals surface area contributed by atoms with Gasteiger partial charge in [0, 0.05) is 6.42 Å². The van der Waals surface area contributed by atoms with Gasteiger partial charge in [0.1, 0.15) is 4.49 Å². The molecule has 2 atom stereocenters. The predicted octanol–water partition coefficient (Wildman–Crippen LogP) is 3.14. The van der Waals surface area contributed by atoms with Gasteiger partial charge in [-0.1, -0.05) is 43.1 Å². The topological polar surface area (TPSA) is 26.3 Å². The summed E-state index contributed by atoms with van der Waals surface area (Å²) < 4.78 is 4.90. The Morgan fingerprint density at radius 2 is 2.07 bits per heavy atom. The fourth-order valence-corrected chi connectivity index (χ4v) is 2.18. The average molecular weight is 237 g/mol. The second-order valence-electron chi connectivity index (χ2n) is 4.19. The molecule has 1 aliphatic rings. The first-order chi connectivity index (χ1) is 6.39. The van der Waals surface area contributed by atoms with E-state index in [4.69, 9.17) is 23.2 Å². The number of halogens is 2. The maximum Gasteiger partial charge on any atom is 0.305 e. The lowest BCUT2D eigenvalue weighted by Crippen LogP contribution is -2.03. The lowest BCUT2D eigenvalue weighted by molar-refractivity contribution is -0.141. The molecule has 0 saturated heterocycles. The molecule has 0 aromatic heterocycles. The summed E-state index contributed by atoms with van der Waals surface area (Å²) in [6, 6.07) is 0. The number of carbonyl (C=O) groups excluding carboxylic acids is 1. The van der Waals surface area contributed by atoms with Crippen molar-refractivity contribution < 1.29 is 9.53 Å². The van der Waals surface area contributed by atoms with Crippen LogP contribution in [0.2, 0.25) is 0 Å². The Hall–Kier alpha value is -0.210. The molecule has 0 aliphatic heterocycles. The third-order valence-corrected chi connectivity index (χ3v) is 3.31. The van der Waals surface area contributed by atoms with E-state index in [-0.39, 0.29) is 21.8 Å². The van der Waals surface area contributed by atoms with Gasteiger partial charge in [-0.25, -0.2) is 0 Å². The summed E-state index contributed by atoms with van der Waals surface area (Å²) in [5.74, 6) is 0.402. The number of rotatable bonds is 3. The third-order valence-electron chi connectivity index (χ3n) is 3.06. The van der Waals surface area contributed by atoms with Crippen LogP contribution in [0.25, 0.3) is 0 Å². The predicted molar refractivity (Wildman–Crippen MR) is 57.2 cm³/mol. The zero-order valence-corrected chi connectivity index (χ0v) is 10.0. The van der Waals surface area contributed by atoms with Crippen molar-refractivity contribution in [2.24, 2.45) is 17.3 Å². The molecule has 0 radical (unpaired) electrons. The number of allylic oxidation sites excluding steroid dienone is 1. The fourth-order valence-electron chi connectivity index (χ4n) is 1.91. The lowest BCUT2D eigenvalue weighted by atomic mass is 10.1. The molecule has 1 fully saturated rings. The minimum Gasteiger partial charge on any atom is -0.469 e. The van der Waals surface area contributed by atoms with Crippen molar-refractivity contribution >= 4 is 29.2 Å². The van der Waals surface area contributed by atoms with Crippen LogP contribution in [-0.4, -0.2) is 13.1 Å². The van der Waals surface area contributed by atoms with E-state index in [0.717, 1.165) is 0 Å². The average Bonchev–Trinajstić information content (AvgIpc) is 2.55. The van der Waals surface area contributed by atoms with E-state index >= 15 is 0 Å². The number of hydrogen-bond acceptors (Lipinski definition) is 2. The molecule has 4 heteroatoms. The number of methoxy groups -OCH3 is 1. The molecule has 0 heterocycles. The molecule has 0 unspecified atom stereocenters. The van der Waals surface area contributed by atoms with Crippen LogP contribution >= 0.6 is 23.2 Å². The molecule has 2 nitrogen and oxygen atoms in total. The second kappa shape index (κ2) is 4.11. The molecule has 1 saturated carbocycles. The van der Waals surface area contributed by atoms with Gasteiger partial charge in [-0.2, -0.15) is 0 Å². The zero-order chi connectivity index (χ0) is 10.9. The standard InChI is InChI=1S/C10H14Cl2O2/c1-10(2)6(4-8(11)12)7(10)5-9(13)14-3/h4,6-7H,5H2,1-3H3/t6-,7-/m1/s1. The van der Waals surface area contributed by atoms with Crippen molar-refractivity contribution in [2.45, 2.75) is 20.3 Å². The van der Waals surface area contributed by atoms with Gasteiger partial charge in [0.25, 0.3) is 0 Å². The van der Waals surface area contributed by atoms with Crippen molar-refractivity contribution in [3.63, 3.8) is 0 Å². The van der Waals surface area contributed by atoms with E-state index in [1.54, 1.807) is 6.08 Å². The van der Waals surface area contributed by atoms with Crippen molar-refractivity contribution in [1.29, 1.82) is 0 Å². The van der Waals surface area contributed by atoms with Crippen molar-refractivity contribution in [2.75, 3.05) is 7.11 Å². The molecule has 14 heavy (non-hydrogen) atoms. The molecule has 0 spiro atoms. The molecule has 1 aliphatic carbocycles. The number of hydrogen-bond donors (Lipinski definition) is 0. The molecular formula is C10H14Cl2O2. The van der Waals surface area contributed by atoms with Crippen LogP contribution < -0.4 is 0 Å². The van der Waals surface area contributed by atoms with E-state index in [9.17, 15) is 4.79 Å². The summed E-state index contributed by atoms with van der Waals surface area (Å²) >= 11 is 11.2. The first kappa shape index (κ1) is 11.9. The van der Waals surface area contributed by atoms with Gasteiger partial charge in [-0.15, -0.1) is 0 Å². The van der Waals surface area contributed by atoms with Gasteiger partial charge in [-0.05, 0) is 17.3 Å². The van der Waals surface area contributed by atoms with Crippen molar-refractivity contribution in [1.82, 2.24) is 0 Å². The zero-order valence-electron chi connectivity index (χ0n) is 8.51. The fraction of sp³-hybridized carbons (Fsp3) is 0.700. The minimum atomic E-state index is -0.176. The molecule has 0 N–H and O–H groups in total. The van der Waals surface area contributed by atoms with Gasteiger partial charge in [-0.3, -0.25) is 4.79 Å². The molecule has 80 valence electrons. The SMILES string of the molecule is COC(=O)C[C@@H]1[C@@H](C=C(Cl)Cl)C1(C)C. The molecule has 1 rings (SSSR count). The highest BCUT2D eigenvalue weighted by Gasteiger charge is 2.56. The highest BCUT2D eigenvalue weighted by molar-refractivity contribution is 6.55. The summed E-state index contributed by atoms with van der Waals surface area (Å²) in [5, 5.41) is 0. The smallest absolute Gasteiger partial charge is 0.305 e. The maximum atomic E-state index is 11.1. The summed E-state index contributed by atoms with van der Waals surface area (Å²) in [7, 11) is 1.40. The molecule has 0 aromatic carbocycles. The highest BCUT2D eigenvalue weighted by atomic mass is 35.5. The minimum absolute atomic E-state index is 0.100. The summed E-state index contributed by atoms with van der Waals surface area (Å²) in [6.07, 6.45) is 2.24. The number of carbonyl (C=O) groups is 1. The van der Waals surface area contributed by atoms with Gasteiger partial charge in [0.2, 0.25) is 0 Å². The van der Waals surface area contributed by atoms with E-state index < -0.39 is 0 Å². The Balaban J connectivity index is 2.58. The van der Waals surface area contributed by atoms with Crippen LogP contribution in [0.5, 0.6) is 0 Å². The van der Waals surface area contributed by atoms with Gasteiger partial charge >= 0.3 is 5.97 Å². The van der Waals surface area contributed by atoms with Crippen LogP contribution in [0.3, 0.4) is 0 Å². The summed E-state index contributed by atoms with van der Waals surface area (Å²) in [6.45, 7) is 4.19.